The molecule has 1 aromatic carbocycles. The van der Waals surface area contributed by atoms with Gasteiger partial charge in [-0.3, -0.25) is 9.69 Å². The zero-order chi connectivity index (χ0) is 23.5. The fourth-order valence-electron chi connectivity index (χ4n) is 3.98. The second-order valence-corrected chi connectivity index (χ2v) is 8.42. The third-order valence-corrected chi connectivity index (χ3v) is 5.66. The molecular formula is C26H29NO6. The number of methoxy groups -OCH3 is 1. The van der Waals surface area contributed by atoms with Gasteiger partial charge in [-0.25, -0.2) is 0 Å². The molecule has 2 aromatic rings. The van der Waals surface area contributed by atoms with Gasteiger partial charge in [-0.1, -0.05) is 30.3 Å². The van der Waals surface area contributed by atoms with Crippen LogP contribution >= 0.6 is 0 Å². The van der Waals surface area contributed by atoms with E-state index in [1.807, 2.05) is 18.2 Å². The summed E-state index contributed by atoms with van der Waals surface area (Å²) < 4.78 is 22.7. The van der Waals surface area contributed by atoms with Gasteiger partial charge in [-0.2, -0.15) is 0 Å². The third-order valence-electron chi connectivity index (χ3n) is 5.66. The van der Waals surface area contributed by atoms with Crippen LogP contribution < -0.4 is 14.9 Å². The summed E-state index contributed by atoms with van der Waals surface area (Å²) >= 11 is 0. The van der Waals surface area contributed by atoms with Crippen LogP contribution in [0.3, 0.4) is 0 Å². The van der Waals surface area contributed by atoms with E-state index in [-0.39, 0.29) is 29.4 Å². The molecule has 33 heavy (non-hydrogen) atoms. The van der Waals surface area contributed by atoms with E-state index >= 15 is 0 Å². The van der Waals surface area contributed by atoms with E-state index in [0.717, 1.165) is 6.54 Å². The number of ether oxygens (including phenoxy) is 2. The van der Waals surface area contributed by atoms with Gasteiger partial charge in [-0.15, -0.1) is 0 Å². The van der Waals surface area contributed by atoms with E-state index in [1.54, 1.807) is 19.1 Å². The first-order valence-corrected chi connectivity index (χ1v) is 11.0. The number of aliphatic hydroxyl groups is 1. The number of aliphatic hydroxyl groups excluding tert-OH is 1. The fourth-order valence-corrected chi connectivity index (χ4v) is 3.98. The van der Waals surface area contributed by atoms with E-state index < -0.39 is 6.10 Å². The average molecular weight is 452 g/mol. The summed E-state index contributed by atoms with van der Waals surface area (Å²) in [6, 6.07) is 13.6. The number of rotatable bonds is 9. The molecule has 2 heterocycles. The van der Waals surface area contributed by atoms with Crippen molar-refractivity contribution in [1.29, 1.82) is 0 Å². The molecule has 0 saturated heterocycles. The summed E-state index contributed by atoms with van der Waals surface area (Å²) in [6.07, 6.45) is 0.684. The second-order valence-electron chi connectivity index (χ2n) is 8.42. The molecule has 1 N–H and O–H groups in total. The van der Waals surface area contributed by atoms with Crippen LogP contribution in [0.15, 0.2) is 62.4 Å². The van der Waals surface area contributed by atoms with Crippen LogP contribution in [0.1, 0.15) is 25.2 Å². The van der Waals surface area contributed by atoms with Gasteiger partial charge in [0.2, 0.25) is 11.2 Å². The maximum absolute atomic E-state index is 13.2. The molecule has 0 spiro atoms. The van der Waals surface area contributed by atoms with Crippen LogP contribution in [-0.2, 0) is 6.54 Å². The Kier molecular flexibility index (Phi) is 6.72. The van der Waals surface area contributed by atoms with Gasteiger partial charge in [0.05, 0.1) is 18.8 Å². The predicted molar refractivity (Wildman–Crippen MR) is 126 cm³/mol. The number of furan rings is 1. The lowest BCUT2D eigenvalue weighted by Gasteiger charge is -2.29. The van der Waals surface area contributed by atoms with Crippen LogP contribution in [0.5, 0.6) is 11.5 Å². The zero-order valence-corrected chi connectivity index (χ0v) is 19.3. The minimum atomic E-state index is -0.750. The Hall–Kier alpha value is -3.29. The highest BCUT2D eigenvalue weighted by atomic mass is 16.5. The highest BCUT2D eigenvalue weighted by Gasteiger charge is 2.27. The summed E-state index contributed by atoms with van der Waals surface area (Å²) in [6.45, 7) is 7.14. The minimum absolute atomic E-state index is 0.0291. The summed E-state index contributed by atoms with van der Waals surface area (Å²) in [5.41, 5.74) is 1.53. The average Bonchev–Trinajstić information content (AvgIpc) is 3.19. The first kappa shape index (κ1) is 22.9. The molecule has 0 radical (unpaired) electrons. The molecular weight excluding hydrogens is 422 g/mol. The molecule has 0 saturated carbocycles. The van der Waals surface area contributed by atoms with E-state index in [4.69, 9.17) is 18.3 Å². The highest BCUT2D eigenvalue weighted by molar-refractivity contribution is 5.94. The van der Waals surface area contributed by atoms with Crippen molar-refractivity contribution in [2.75, 3.05) is 20.3 Å². The van der Waals surface area contributed by atoms with Crippen molar-refractivity contribution < 1.29 is 23.4 Å². The number of aryl methyl sites for hydroxylation is 1. The Morgan fingerprint density at radius 3 is 2.61 bits per heavy atom. The summed E-state index contributed by atoms with van der Waals surface area (Å²) in [7, 11) is 1.50. The highest BCUT2D eigenvalue weighted by Crippen LogP contribution is 2.41. The van der Waals surface area contributed by atoms with Crippen molar-refractivity contribution in [1.82, 2.24) is 4.90 Å². The van der Waals surface area contributed by atoms with Crippen LogP contribution in [0.2, 0.25) is 0 Å². The maximum atomic E-state index is 13.2. The van der Waals surface area contributed by atoms with Crippen LogP contribution in [0, 0.1) is 6.92 Å². The van der Waals surface area contributed by atoms with Gasteiger partial charge in [0, 0.05) is 25.2 Å². The molecule has 4 rings (SSSR count). The lowest BCUT2D eigenvalue weighted by atomic mass is 10.1. The Balaban J connectivity index is 1.55. The largest absolute Gasteiger partial charge is 0.490 e. The first-order valence-electron chi connectivity index (χ1n) is 11.0. The second kappa shape index (κ2) is 9.68. The van der Waals surface area contributed by atoms with Gasteiger partial charge in [0.15, 0.2) is 11.3 Å². The molecule has 7 heteroatoms. The first-order chi connectivity index (χ1) is 15.9. The fraction of sp³-hybridized carbons (Fsp3) is 0.346. The van der Waals surface area contributed by atoms with Crippen molar-refractivity contribution in [3.8, 4) is 22.8 Å². The van der Waals surface area contributed by atoms with Crippen LogP contribution in [0.25, 0.3) is 22.3 Å². The SMILES string of the molecule is COc1c2occc(OCC(O)CN(Cc3ccccc3)C(C)C)c-2c(=O)c2cc(C)oc12. The standard InChI is InChI=1S/C26H29NO6/c1-16(2)27(13-18-8-6-5-7-9-18)14-19(28)15-32-21-10-11-31-25-22(21)23(29)20-12-17(3)33-24(20)26(25)30-4/h5-12,16,19,28H,13-15H2,1-4H3. The summed E-state index contributed by atoms with van der Waals surface area (Å²) in [5, 5.41) is 11.1. The molecule has 0 amide bonds. The van der Waals surface area contributed by atoms with Crippen molar-refractivity contribution in [2.24, 2.45) is 0 Å². The lowest BCUT2D eigenvalue weighted by molar-refractivity contribution is 0.0543. The van der Waals surface area contributed by atoms with Crippen molar-refractivity contribution in [3.05, 3.63) is 70.3 Å². The van der Waals surface area contributed by atoms with Gasteiger partial charge in [0.25, 0.3) is 0 Å². The van der Waals surface area contributed by atoms with Gasteiger partial charge < -0.3 is 23.4 Å². The number of benzene rings is 2. The minimum Gasteiger partial charge on any atom is -0.490 e. The van der Waals surface area contributed by atoms with Crippen molar-refractivity contribution in [2.45, 2.75) is 39.5 Å². The van der Waals surface area contributed by atoms with Crippen molar-refractivity contribution >= 4 is 11.0 Å². The molecule has 7 nitrogen and oxygen atoms in total. The van der Waals surface area contributed by atoms with E-state index in [2.05, 4.69) is 30.9 Å². The normalized spacial score (nSPS) is 12.7. The molecule has 1 aliphatic carbocycles. The third kappa shape index (κ3) is 4.74. The quantitative estimate of drug-likeness (QED) is 0.402. The molecule has 1 unspecified atom stereocenters. The van der Waals surface area contributed by atoms with Crippen molar-refractivity contribution in [3.63, 3.8) is 0 Å². The topological polar surface area (TPSA) is 85.3 Å². The monoisotopic (exact) mass is 451 g/mol. The molecule has 0 fully saturated rings. The van der Waals surface area contributed by atoms with Crippen LogP contribution in [-0.4, -0.2) is 42.4 Å². The Morgan fingerprint density at radius 1 is 1.15 bits per heavy atom. The Bertz CT molecular complexity index is 1240. The Labute approximate surface area is 192 Å². The predicted octanol–water partition coefficient (Wildman–Crippen LogP) is 4.46. The van der Waals surface area contributed by atoms with E-state index in [0.29, 0.717) is 34.8 Å². The zero-order valence-electron chi connectivity index (χ0n) is 19.3. The number of hydrogen-bond acceptors (Lipinski definition) is 7. The smallest absolute Gasteiger partial charge is 0.206 e. The lowest BCUT2D eigenvalue weighted by Crippen LogP contribution is -2.39. The molecule has 1 atom stereocenters. The molecule has 174 valence electrons. The number of nitrogens with zero attached hydrogens (tertiary/aromatic N) is 1. The van der Waals surface area contributed by atoms with Crippen LogP contribution in [0.4, 0.5) is 0 Å². The number of hydrogen-bond donors (Lipinski definition) is 1. The summed E-state index contributed by atoms with van der Waals surface area (Å²) in [4.78, 5) is 15.4. The number of fused-ring (bicyclic) bond motifs is 2. The molecule has 1 aromatic heterocycles. The molecule has 1 aliphatic heterocycles. The Morgan fingerprint density at radius 2 is 1.91 bits per heavy atom. The maximum Gasteiger partial charge on any atom is 0.206 e. The van der Waals surface area contributed by atoms with E-state index in [1.165, 1.54) is 18.9 Å². The van der Waals surface area contributed by atoms with Gasteiger partial charge in [-0.05, 0) is 32.4 Å². The van der Waals surface area contributed by atoms with Gasteiger partial charge in [0.1, 0.15) is 29.8 Å². The van der Waals surface area contributed by atoms with E-state index in [9.17, 15) is 9.90 Å². The molecule has 2 aliphatic rings. The molecule has 0 bridgehead atoms. The summed E-state index contributed by atoms with van der Waals surface area (Å²) in [5.74, 6) is 1.52. The van der Waals surface area contributed by atoms with Gasteiger partial charge >= 0.3 is 0 Å².